The minimum atomic E-state index is -0.767. The lowest BCUT2D eigenvalue weighted by atomic mass is 10.1. The molecular weight excluding hydrogens is 382 g/mol. The molecule has 0 spiro atoms. The lowest BCUT2D eigenvalue weighted by Crippen LogP contribution is -2.36. The molecule has 0 bridgehead atoms. The number of carboxylic acids is 1. The first kappa shape index (κ1) is 23.3. The maximum absolute atomic E-state index is 13.1. The van der Waals surface area contributed by atoms with E-state index in [-0.39, 0.29) is 18.4 Å². The van der Waals surface area contributed by atoms with Gasteiger partial charge >= 0.3 is 5.97 Å². The molecule has 0 saturated heterocycles. The van der Waals surface area contributed by atoms with Gasteiger partial charge in [-0.1, -0.05) is 18.2 Å². The first-order valence-corrected chi connectivity index (χ1v) is 10.3. The normalized spacial score (nSPS) is 10.7. The highest BCUT2D eigenvalue weighted by Gasteiger charge is 2.20. The van der Waals surface area contributed by atoms with Crippen molar-refractivity contribution in [2.45, 2.75) is 52.1 Å². The maximum atomic E-state index is 13.1. The third-order valence-electron chi connectivity index (χ3n) is 4.83. The van der Waals surface area contributed by atoms with E-state index in [2.05, 4.69) is 0 Å². The molecule has 0 radical (unpaired) electrons. The van der Waals surface area contributed by atoms with Gasteiger partial charge in [0.05, 0.1) is 13.7 Å². The zero-order chi connectivity index (χ0) is 21.9. The molecule has 6 heteroatoms. The van der Waals surface area contributed by atoms with Gasteiger partial charge in [-0.3, -0.25) is 9.59 Å². The molecule has 2 aromatic rings. The number of methoxy groups -OCH3 is 1. The van der Waals surface area contributed by atoms with Crippen LogP contribution in [0.5, 0.6) is 11.5 Å². The molecule has 0 saturated carbocycles. The van der Waals surface area contributed by atoms with Gasteiger partial charge in [0, 0.05) is 30.1 Å². The van der Waals surface area contributed by atoms with E-state index in [0.29, 0.717) is 30.9 Å². The molecular formula is C24H31NO5. The minimum absolute atomic E-state index is 0.0173. The summed E-state index contributed by atoms with van der Waals surface area (Å²) < 4.78 is 11.1. The van der Waals surface area contributed by atoms with E-state index in [1.165, 1.54) is 0 Å². The number of hydrogen-bond donors (Lipinski definition) is 1. The highest BCUT2D eigenvalue weighted by molar-refractivity contribution is 5.94. The Hall–Kier alpha value is -3.02. The molecule has 1 N–H and O–H groups in total. The zero-order valence-electron chi connectivity index (χ0n) is 18.0. The van der Waals surface area contributed by atoms with Gasteiger partial charge in [0.1, 0.15) is 11.5 Å². The Bertz CT molecular complexity index is 817. The zero-order valence-corrected chi connectivity index (χ0v) is 18.0. The number of ether oxygens (including phenoxy) is 2. The Kier molecular flexibility index (Phi) is 9.19. The molecule has 0 aliphatic heterocycles. The van der Waals surface area contributed by atoms with E-state index in [1.54, 1.807) is 31.4 Å². The van der Waals surface area contributed by atoms with Crippen LogP contribution < -0.4 is 9.47 Å². The van der Waals surface area contributed by atoms with Gasteiger partial charge in [-0.25, -0.2) is 0 Å². The number of carbonyl (C=O) groups excluding carboxylic acids is 1. The fraction of sp³-hybridized carbons (Fsp3) is 0.417. The summed E-state index contributed by atoms with van der Waals surface area (Å²) >= 11 is 0. The lowest BCUT2D eigenvalue weighted by Gasteiger charge is -2.28. The second-order valence-electron chi connectivity index (χ2n) is 7.42. The molecule has 2 aromatic carbocycles. The topological polar surface area (TPSA) is 76.1 Å². The number of nitrogens with zero attached hydrogens (tertiary/aromatic N) is 1. The van der Waals surface area contributed by atoms with Gasteiger partial charge in [-0.2, -0.15) is 0 Å². The molecule has 6 nitrogen and oxygen atoms in total. The van der Waals surface area contributed by atoms with Crippen LogP contribution in [0.2, 0.25) is 0 Å². The molecule has 0 fully saturated rings. The summed E-state index contributed by atoms with van der Waals surface area (Å²) in [6, 6.07) is 14.9. The molecule has 0 unspecified atom stereocenters. The Labute approximate surface area is 178 Å². The number of benzene rings is 2. The van der Waals surface area contributed by atoms with Crippen molar-refractivity contribution in [1.82, 2.24) is 4.90 Å². The molecule has 0 heterocycles. The van der Waals surface area contributed by atoms with E-state index in [9.17, 15) is 9.59 Å². The first-order chi connectivity index (χ1) is 14.4. The quantitative estimate of drug-likeness (QED) is 0.507. The van der Waals surface area contributed by atoms with Crippen LogP contribution in [-0.4, -0.2) is 41.6 Å². The second kappa shape index (κ2) is 11.9. The predicted octanol–water partition coefficient (Wildman–Crippen LogP) is 4.77. The van der Waals surface area contributed by atoms with Crippen molar-refractivity contribution in [2.75, 3.05) is 13.7 Å². The van der Waals surface area contributed by atoms with Gasteiger partial charge in [0.15, 0.2) is 0 Å². The van der Waals surface area contributed by atoms with Gasteiger partial charge in [-0.05, 0) is 63.4 Å². The van der Waals surface area contributed by atoms with Crippen LogP contribution in [0.25, 0.3) is 0 Å². The van der Waals surface area contributed by atoms with Gasteiger partial charge < -0.3 is 19.5 Å². The number of unbranched alkanes of at least 4 members (excludes halogenated alkanes) is 2. The number of amides is 1. The number of para-hydroxylation sites is 1. The fourth-order valence-electron chi connectivity index (χ4n) is 3.08. The average molecular weight is 414 g/mol. The van der Waals surface area contributed by atoms with E-state index in [0.717, 1.165) is 24.2 Å². The maximum Gasteiger partial charge on any atom is 0.303 e. The Morgan fingerprint density at radius 3 is 2.33 bits per heavy atom. The molecule has 30 heavy (non-hydrogen) atoms. The van der Waals surface area contributed by atoms with Crippen molar-refractivity contribution in [3.05, 3.63) is 59.7 Å². The van der Waals surface area contributed by atoms with E-state index in [1.807, 2.05) is 43.0 Å². The third-order valence-corrected chi connectivity index (χ3v) is 4.83. The Balaban J connectivity index is 2.02. The summed E-state index contributed by atoms with van der Waals surface area (Å²) in [6.45, 7) is 4.95. The van der Waals surface area contributed by atoms with Gasteiger partial charge in [0.2, 0.25) is 0 Å². The number of hydrogen-bond acceptors (Lipinski definition) is 4. The number of carboxylic acid groups (broad SMARTS) is 1. The smallest absolute Gasteiger partial charge is 0.303 e. The predicted molar refractivity (Wildman–Crippen MR) is 116 cm³/mol. The van der Waals surface area contributed by atoms with Gasteiger partial charge in [-0.15, -0.1) is 0 Å². The third kappa shape index (κ3) is 7.10. The molecule has 1 amide bonds. The molecule has 0 aliphatic carbocycles. The monoisotopic (exact) mass is 413 g/mol. The number of carbonyl (C=O) groups is 2. The Morgan fingerprint density at radius 1 is 1.00 bits per heavy atom. The standard InChI is InChI=1S/C24H31NO5/c1-18(2)25(24(28)19-12-14-21(29-3)15-13-19)17-20-9-6-7-10-22(20)30-16-8-4-5-11-23(26)27/h6-7,9-10,12-15,18H,4-5,8,11,16-17H2,1-3H3,(H,26,27). The minimum Gasteiger partial charge on any atom is -0.497 e. The van der Waals surface area contributed by atoms with Crippen molar-refractivity contribution in [3.8, 4) is 11.5 Å². The van der Waals surface area contributed by atoms with E-state index >= 15 is 0 Å². The summed E-state index contributed by atoms with van der Waals surface area (Å²) in [5.74, 6) is 0.654. The summed E-state index contributed by atoms with van der Waals surface area (Å²) in [7, 11) is 1.60. The second-order valence-corrected chi connectivity index (χ2v) is 7.42. The van der Waals surface area contributed by atoms with Crippen molar-refractivity contribution in [1.29, 1.82) is 0 Å². The lowest BCUT2D eigenvalue weighted by molar-refractivity contribution is -0.137. The van der Waals surface area contributed by atoms with Crippen molar-refractivity contribution in [2.24, 2.45) is 0 Å². The van der Waals surface area contributed by atoms with E-state index in [4.69, 9.17) is 14.6 Å². The molecule has 2 rings (SSSR count). The van der Waals surface area contributed by atoms with Crippen LogP contribution in [0.15, 0.2) is 48.5 Å². The highest BCUT2D eigenvalue weighted by Crippen LogP contribution is 2.23. The van der Waals surface area contributed by atoms with E-state index < -0.39 is 5.97 Å². The van der Waals surface area contributed by atoms with Crippen LogP contribution >= 0.6 is 0 Å². The molecule has 162 valence electrons. The summed E-state index contributed by atoms with van der Waals surface area (Å²) in [5, 5.41) is 8.70. The van der Waals surface area contributed by atoms with Crippen LogP contribution in [0.4, 0.5) is 0 Å². The largest absolute Gasteiger partial charge is 0.497 e. The first-order valence-electron chi connectivity index (χ1n) is 10.3. The van der Waals surface area contributed by atoms with Crippen molar-refractivity contribution in [3.63, 3.8) is 0 Å². The highest BCUT2D eigenvalue weighted by atomic mass is 16.5. The van der Waals surface area contributed by atoms with Crippen molar-refractivity contribution >= 4 is 11.9 Å². The van der Waals surface area contributed by atoms with Gasteiger partial charge in [0.25, 0.3) is 5.91 Å². The molecule has 0 aromatic heterocycles. The summed E-state index contributed by atoms with van der Waals surface area (Å²) in [6.07, 6.45) is 2.44. The fourth-order valence-corrected chi connectivity index (χ4v) is 3.08. The summed E-state index contributed by atoms with van der Waals surface area (Å²) in [4.78, 5) is 25.5. The Morgan fingerprint density at radius 2 is 1.70 bits per heavy atom. The number of rotatable bonds is 12. The molecule has 0 atom stereocenters. The van der Waals surface area contributed by atoms with Crippen LogP contribution in [0.3, 0.4) is 0 Å². The van der Waals surface area contributed by atoms with Crippen LogP contribution in [0.1, 0.15) is 55.5 Å². The van der Waals surface area contributed by atoms with Crippen LogP contribution in [-0.2, 0) is 11.3 Å². The summed E-state index contributed by atoms with van der Waals surface area (Å²) in [5.41, 5.74) is 1.56. The molecule has 0 aliphatic rings. The van der Waals surface area contributed by atoms with Crippen molar-refractivity contribution < 1.29 is 24.2 Å². The average Bonchev–Trinajstić information content (AvgIpc) is 2.74. The number of aliphatic carboxylic acids is 1. The SMILES string of the molecule is COc1ccc(C(=O)N(Cc2ccccc2OCCCCCC(=O)O)C(C)C)cc1. The van der Waals surface area contributed by atoms with Crippen LogP contribution in [0, 0.1) is 0 Å².